The van der Waals surface area contributed by atoms with Crippen molar-refractivity contribution in [2.45, 2.75) is 0 Å². The molecule has 82 valence electrons. The van der Waals surface area contributed by atoms with E-state index in [-0.39, 0.29) is 16.4 Å². The molecular weight excluding hydrogens is 237 g/mol. The minimum Gasteiger partial charge on any atom is -0.476 e. The molecule has 0 unspecified atom stereocenters. The Hall–Kier alpha value is -1.95. The lowest BCUT2D eigenvalue weighted by molar-refractivity contribution is 0.0687. The van der Waals surface area contributed by atoms with Crippen molar-refractivity contribution in [1.29, 1.82) is 0 Å². The van der Waals surface area contributed by atoms with Gasteiger partial charge >= 0.3 is 5.97 Å². The Morgan fingerprint density at radius 1 is 1.50 bits per heavy atom. The van der Waals surface area contributed by atoms with E-state index < -0.39 is 11.8 Å². The largest absolute Gasteiger partial charge is 0.476 e. The Labute approximate surface area is 94.1 Å². The van der Waals surface area contributed by atoms with Gasteiger partial charge in [0.05, 0.1) is 11.2 Å². The Balaban J connectivity index is 2.63. The molecule has 7 heteroatoms. The van der Waals surface area contributed by atoms with E-state index in [9.17, 15) is 9.18 Å². The maximum atomic E-state index is 13.6. The number of hydrogen-bond acceptors (Lipinski definition) is 3. The topological polar surface area (TPSA) is 68.0 Å². The molecule has 1 heterocycles. The van der Waals surface area contributed by atoms with Crippen molar-refractivity contribution in [2.24, 2.45) is 0 Å². The van der Waals surface area contributed by atoms with E-state index in [0.717, 1.165) is 10.9 Å². The van der Waals surface area contributed by atoms with E-state index in [0.29, 0.717) is 0 Å². The fourth-order valence-electron chi connectivity index (χ4n) is 1.21. The van der Waals surface area contributed by atoms with E-state index in [1.165, 1.54) is 18.2 Å². The van der Waals surface area contributed by atoms with Crippen LogP contribution in [0.4, 0.5) is 4.39 Å². The predicted octanol–water partition coefficient (Wildman–Crippen LogP) is 1.76. The monoisotopic (exact) mass is 241 g/mol. The van der Waals surface area contributed by atoms with Crippen molar-refractivity contribution in [3.63, 3.8) is 0 Å². The molecular formula is C9H5ClFN3O2. The average molecular weight is 242 g/mol. The highest BCUT2D eigenvalue weighted by atomic mass is 35.5. The number of aromatic nitrogens is 3. The van der Waals surface area contributed by atoms with Crippen LogP contribution in [0.2, 0.25) is 5.02 Å². The summed E-state index contributed by atoms with van der Waals surface area (Å²) in [4.78, 5) is 10.8. The van der Waals surface area contributed by atoms with Gasteiger partial charge in [0.25, 0.3) is 0 Å². The minimum absolute atomic E-state index is 0.0533. The highest BCUT2D eigenvalue weighted by Gasteiger charge is 2.16. The van der Waals surface area contributed by atoms with Gasteiger partial charge in [-0.3, -0.25) is 0 Å². The summed E-state index contributed by atoms with van der Waals surface area (Å²) in [6.07, 6.45) is 1.03. The van der Waals surface area contributed by atoms with Gasteiger partial charge in [0.15, 0.2) is 11.5 Å². The SMILES string of the molecule is O=C(O)c1cnnn1-c1cccc(Cl)c1F. The third-order valence-corrected chi connectivity index (χ3v) is 2.22. The van der Waals surface area contributed by atoms with Crippen molar-refractivity contribution in [3.05, 3.63) is 40.9 Å². The zero-order chi connectivity index (χ0) is 11.7. The maximum Gasteiger partial charge on any atom is 0.356 e. The van der Waals surface area contributed by atoms with E-state index in [1.807, 2.05) is 0 Å². The van der Waals surface area contributed by atoms with Gasteiger partial charge < -0.3 is 5.11 Å². The summed E-state index contributed by atoms with van der Waals surface area (Å²) in [6.45, 7) is 0. The maximum absolute atomic E-state index is 13.6. The first-order valence-corrected chi connectivity index (χ1v) is 4.57. The first-order valence-electron chi connectivity index (χ1n) is 4.19. The van der Waals surface area contributed by atoms with Gasteiger partial charge in [-0.15, -0.1) is 5.10 Å². The lowest BCUT2D eigenvalue weighted by atomic mass is 10.3. The molecule has 0 saturated carbocycles. The number of aromatic carboxylic acids is 1. The molecule has 0 radical (unpaired) electrons. The van der Waals surface area contributed by atoms with E-state index in [1.54, 1.807) is 0 Å². The third kappa shape index (κ3) is 1.63. The van der Waals surface area contributed by atoms with Gasteiger partial charge in [0.2, 0.25) is 0 Å². The number of carboxylic acid groups (broad SMARTS) is 1. The van der Waals surface area contributed by atoms with Crippen molar-refractivity contribution in [1.82, 2.24) is 15.0 Å². The average Bonchev–Trinajstić information content (AvgIpc) is 2.70. The molecule has 1 aromatic heterocycles. The molecule has 0 amide bonds. The van der Waals surface area contributed by atoms with Crippen LogP contribution in [0, 0.1) is 5.82 Å². The molecule has 0 spiro atoms. The molecule has 2 rings (SSSR count). The number of carbonyl (C=O) groups is 1. The number of nitrogens with zero attached hydrogens (tertiary/aromatic N) is 3. The van der Waals surface area contributed by atoms with E-state index in [4.69, 9.17) is 16.7 Å². The molecule has 0 aliphatic carbocycles. The van der Waals surface area contributed by atoms with Crippen molar-refractivity contribution >= 4 is 17.6 Å². The molecule has 0 atom stereocenters. The summed E-state index contributed by atoms with van der Waals surface area (Å²) in [6, 6.07) is 4.22. The van der Waals surface area contributed by atoms with Crippen molar-refractivity contribution < 1.29 is 14.3 Å². The van der Waals surface area contributed by atoms with Crippen LogP contribution < -0.4 is 0 Å². The first kappa shape index (κ1) is 10.6. The van der Waals surface area contributed by atoms with Crippen molar-refractivity contribution in [2.75, 3.05) is 0 Å². The molecule has 0 saturated heterocycles. The number of benzene rings is 1. The smallest absolute Gasteiger partial charge is 0.356 e. The summed E-state index contributed by atoms with van der Waals surface area (Å²) in [7, 11) is 0. The molecule has 0 aliphatic rings. The highest BCUT2D eigenvalue weighted by Crippen LogP contribution is 2.21. The summed E-state index contributed by atoms with van der Waals surface area (Å²) in [5, 5.41) is 15.6. The molecule has 5 nitrogen and oxygen atoms in total. The summed E-state index contributed by atoms with van der Waals surface area (Å²) < 4.78 is 14.5. The standard InChI is InChI=1S/C9H5ClFN3O2/c10-5-2-1-3-6(8(5)11)14-7(9(15)16)4-12-13-14/h1-4H,(H,15,16). The van der Waals surface area contributed by atoms with Crippen LogP contribution in [-0.2, 0) is 0 Å². The van der Waals surface area contributed by atoms with Gasteiger partial charge in [-0.2, -0.15) is 0 Å². The number of rotatable bonds is 2. The van der Waals surface area contributed by atoms with Crippen LogP contribution in [0.25, 0.3) is 5.69 Å². The quantitative estimate of drug-likeness (QED) is 0.870. The summed E-state index contributed by atoms with van der Waals surface area (Å²) >= 11 is 5.58. The van der Waals surface area contributed by atoms with Crippen LogP contribution in [0.1, 0.15) is 10.5 Å². The third-order valence-electron chi connectivity index (χ3n) is 1.93. The van der Waals surface area contributed by atoms with Crippen LogP contribution in [0.5, 0.6) is 0 Å². The number of carboxylic acids is 1. The van der Waals surface area contributed by atoms with Crippen LogP contribution in [0.15, 0.2) is 24.4 Å². The van der Waals surface area contributed by atoms with Crippen LogP contribution >= 0.6 is 11.6 Å². The Morgan fingerprint density at radius 3 is 2.94 bits per heavy atom. The zero-order valence-corrected chi connectivity index (χ0v) is 8.52. The first-order chi connectivity index (χ1) is 7.61. The molecule has 0 bridgehead atoms. The normalized spacial score (nSPS) is 10.4. The number of halogens is 2. The summed E-state index contributed by atoms with van der Waals surface area (Å²) in [5.74, 6) is -1.98. The molecule has 0 fully saturated rings. The molecule has 16 heavy (non-hydrogen) atoms. The molecule has 2 aromatic rings. The van der Waals surface area contributed by atoms with Gasteiger partial charge in [0, 0.05) is 0 Å². The lowest BCUT2D eigenvalue weighted by Crippen LogP contribution is -2.09. The molecule has 1 aromatic carbocycles. The van der Waals surface area contributed by atoms with E-state index >= 15 is 0 Å². The molecule has 1 N–H and O–H groups in total. The second kappa shape index (κ2) is 3.90. The second-order valence-corrected chi connectivity index (χ2v) is 3.32. The minimum atomic E-state index is -1.25. The number of hydrogen-bond donors (Lipinski definition) is 1. The van der Waals surface area contributed by atoms with Crippen molar-refractivity contribution in [3.8, 4) is 5.69 Å². The predicted molar refractivity (Wildman–Crippen MR) is 53.3 cm³/mol. The second-order valence-electron chi connectivity index (χ2n) is 2.91. The van der Waals surface area contributed by atoms with Gasteiger partial charge in [-0.05, 0) is 12.1 Å². The van der Waals surface area contributed by atoms with Crippen LogP contribution in [0.3, 0.4) is 0 Å². The zero-order valence-electron chi connectivity index (χ0n) is 7.76. The highest BCUT2D eigenvalue weighted by molar-refractivity contribution is 6.30. The fourth-order valence-corrected chi connectivity index (χ4v) is 1.38. The Morgan fingerprint density at radius 2 is 2.25 bits per heavy atom. The van der Waals surface area contributed by atoms with Crippen LogP contribution in [-0.4, -0.2) is 26.1 Å². The summed E-state index contributed by atoms with van der Waals surface area (Å²) in [5.41, 5.74) is -0.288. The van der Waals surface area contributed by atoms with E-state index in [2.05, 4.69) is 10.3 Å². The Bertz CT molecular complexity index is 555. The Kier molecular flexibility index (Phi) is 2.57. The molecule has 0 aliphatic heterocycles. The lowest BCUT2D eigenvalue weighted by Gasteiger charge is -2.05. The van der Waals surface area contributed by atoms with Gasteiger partial charge in [0.1, 0.15) is 5.69 Å². The van der Waals surface area contributed by atoms with Gasteiger partial charge in [-0.1, -0.05) is 22.9 Å². The fraction of sp³-hybridized carbons (Fsp3) is 0. The van der Waals surface area contributed by atoms with Gasteiger partial charge in [-0.25, -0.2) is 13.9 Å².